The Labute approximate surface area is 122 Å². The van der Waals surface area contributed by atoms with Crippen LogP contribution in [0.4, 0.5) is 5.69 Å². The van der Waals surface area contributed by atoms with Crippen molar-refractivity contribution in [2.75, 3.05) is 18.0 Å². The van der Waals surface area contributed by atoms with Crippen molar-refractivity contribution in [1.82, 2.24) is 0 Å². The molecule has 1 N–H and O–H groups in total. The van der Waals surface area contributed by atoms with E-state index < -0.39 is 5.97 Å². The topological polar surface area (TPSA) is 40.5 Å². The summed E-state index contributed by atoms with van der Waals surface area (Å²) in [7, 11) is 0. The molecule has 1 aliphatic rings. The summed E-state index contributed by atoms with van der Waals surface area (Å²) >= 11 is 3.44. The smallest absolute Gasteiger partial charge is 0.306 e. The van der Waals surface area contributed by atoms with Gasteiger partial charge in [-0.1, -0.05) is 22.9 Å². The van der Waals surface area contributed by atoms with E-state index in [0.717, 1.165) is 36.8 Å². The Kier molecular flexibility index (Phi) is 4.86. The quantitative estimate of drug-likeness (QED) is 0.895. The summed E-state index contributed by atoms with van der Waals surface area (Å²) in [5.41, 5.74) is 1.23. The Hall–Kier alpha value is -1.03. The van der Waals surface area contributed by atoms with Gasteiger partial charge < -0.3 is 10.0 Å². The highest BCUT2D eigenvalue weighted by Crippen LogP contribution is 2.29. The summed E-state index contributed by atoms with van der Waals surface area (Å²) in [5, 5.41) is 9.13. The number of anilines is 1. The second kappa shape index (κ2) is 6.42. The first-order valence-electron chi connectivity index (χ1n) is 6.83. The van der Waals surface area contributed by atoms with Gasteiger partial charge >= 0.3 is 5.97 Å². The van der Waals surface area contributed by atoms with E-state index in [9.17, 15) is 4.79 Å². The number of carboxylic acids is 1. The highest BCUT2D eigenvalue weighted by atomic mass is 79.9. The van der Waals surface area contributed by atoms with Crippen LogP contribution >= 0.6 is 15.9 Å². The van der Waals surface area contributed by atoms with Crippen LogP contribution in [0.25, 0.3) is 0 Å². The molecule has 0 bridgehead atoms. The van der Waals surface area contributed by atoms with Gasteiger partial charge in [-0.3, -0.25) is 4.79 Å². The van der Waals surface area contributed by atoms with E-state index >= 15 is 0 Å². The van der Waals surface area contributed by atoms with Crippen molar-refractivity contribution >= 4 is 27.6 Å². The molecular formula is C15H20BrNO2. The Bertz CT molecular complexity index is 432. The van der Waals surface area contributed by atoms with Gasteiger partial charge in [0.25, 0.3) is 0 Å². The Morgan fingerprint density at radius 3 is 2.74 bits per heavy atom. The first-order chi connectivity index (χ1) is 9.10. The van der Waals surface area contributed by atoms with Gasteiger partial charge in [-0.15, -0.1) is 0 Å². The number of carbonyl (C=O) groups is 1. The summed E-state index contributed by atoms with van der Waals surface area (Å²) in [6, 6.07) is 8.32. The molecule has 0 amide bonds. The summed E-state index contributed by atoms with van der Waals surface area (Å²) in [4.78, 5) is 13.4. The third kappa shape index (κ3) is 3.72. The van der Waals surface area contributed by atoms with Crippen LogP contribution in [0.15, 0.2) is 28.7 Å². The lowest BCUT2D eigenvalue weighted by atomic mass is 9.92. The fourth-order valence-electron chi connectivity index (χ4n) is 2.76. The predicted molar refractivity (Wildman–Crippen MR) is 80.5 cm³/mol. The zero-order valence-corrected chi connectivity index (χ0v) is 12.8. The highest BCUT2D eigenvalue weighted by Gasteiger charge is 2.27. The third-order valence-electron chi connectivity index (χ3n) is 3.94. The van der Waals surface area contributed by atoms with Crippen LogP contribution in [0, 0.1) is 11.8 Å². The van der Waals surface area contributed by atoms with Gasteiger partial charge in [-0.2, -0.15) is 0 Å². The van der Waals surface area contributed by atoms with Crippen LogP contribution in [0.1, 0.15) is 26.2 Å². The Balaban J connectivity index is 1.92. The minimum Gasteiger partial charge on any atom is -0.481 e. The maximum absolute atomic E-state index is 11.1. The summed E-state index contributed by atoms with van der Waals surface area (Å²) < 4.78 is 1.09. The van der Waals surface area contributed by atoms with Gasteiger partial charge in [0.1, 0.15) is 0 Å². The number of benzene rings is 1. The van der Waals surface area contributed by atoms with Crippen LogP contribution in [0.3, 0.4) is 0 Å². The molecule has 0 saturated carbocycles. The molecule has 1 heterocycles. The fourth-order valence-corrected chi connectivity index (χ4v) is 3.02. The molecule has 1 aromatic carbocycles. The number of hydrogen-bond donors (Lipinski definition) is 1. The SMILES string of the molecule is CCC(CC1CCN(c2ccc(Br)cc2)C1)C(=O)O. The second-order valence-corrected chi connectivity index (χ2v) is 6.17. The molecule has 1 aromatic rings. The minimum absolute atomic E-state index is 0.185. The van der Waals surface area contributed by atoms with Crippen molar-refractivity contribution in [3.05, 3.63) is 28.7 Å². The molecule has 2 unspecified atom stereocenters. The van der Waals surface area contributed by atoms with Crippen LogP contribution in [-0.4, -0.2) is 24.2 Å². The lowest BCUT2D eigenvalue weighted by Gasteiger charge is -2.20. The first kappa shape index (κ1) is 14.4. The summed E-state index contributed by atoms with van der Waals surface area (Å²) in [5.74, 6) is -0.329. The summed E-state index contributed by atoms with van der Waals surface area (Å²) in [6.45, 7) is 3.97. The highest BCUT2D eigenvalue weighted by molar-refractivity contribution is 9.10. The van der Waals surface area contributed by atoms with Gasteiger partial charge in [0.2, 0.25) is 0 Å². The van der Waals surface area contributed by atoms with Gasteiger partial charge in [0, 0.05) is 23.2 Å². The van der Waals surface area contributed by atoms with Crippen molar-refractivity contribution in [3.8, 4) is 0 Å². The van der Waals surface area contributed by atoms with E-state index in [2.05, 4.69) is 45.1 Å². The number of halogens is 1. The van der Waals surface area contributed by atoms with Gasteiger partial charge in [0.15, 0.2) is 0 Å². The van der Waals surface area contributed by atoms with Crippen LogP contribution < -0.4 is 4.90 Å². The molecule has 1 saturated heterocycles. The molecule has 0 radical (unpaired) electrons. The minimum atomic E-state index is -0.649. The van der Waals surface area contributed by atoms with Crippen molar-refractivity contribution in [2.45, 2.75) is 26.2 Å². The number of aliphatic carboxylic acids is 1. The molecule has 1 aliphatic heterocycles. The molecule has 104 valence electrons. The van der Waals surface area contributed by atoms with Crippen LogP contribution in [-0.2, 0) is 4.79 Å². The second-order valence-electron chi connectivity index (χ2n) is 5.26. The van der Waals surface area contributed by atoms with E-state index in [4.69, 9.17) is 5.11 Å². The third-order valence-corrected chi connectivity index (χ3v) is 4.47. The molecule has 1 fully saturated rings. The average Bonchev–Trinajstić information content (AvgIpc) is 2.85. The molecule has 2 rings (SSSR count). The van der Waals surface area contributed by atoms with Gasteiger partial charge in [0.05, 0.1) is 5.92 Å². The van der Waals surface area contributed by atoms with Crippen molar-refractivity contribution in [3.63, 3.8) is 0 Å². The van der Waals surface area contributed by atoms with Crippen molar-refractivity contribution in [2.24, 2.45) is 11.8 Å². The zero-order chi connectivity index (χ0) is 13.8. The molecule has 0 aromatic heterocycles. The Morgan fingerprint density at radius 1 is 1.47 bits per heavy atom. The van der Waals surface area contributed by atoms with Crippen molar-refractivity contribution in [1.29, 1.82) is 0 Å². The molecule has 0 spiro atoms. The maximum Gasteiger partial charge on any atom is 0.306 e. The normalized spacial score (nSPS) is 20.5. The van der Waals surface area contributed by atoms with Crippen LogP contribution in [0.5, 0.6) is 0 Å². The van der Waals surface area contributed by atoms with Crippen LogP contribution in [0.2, 0.25) is 0 Å². The molecule has 4 heteroatoms. The van der Waals surface area contributed by atoms with Gasteiger partial charge in [-0.25, -0.2) is 0 Å². The summed E-state index contributed by atoms with van der Waals surface area (Å²) in [6.07, 6.45) is 2.63. The lowest BCUT2D eigenvalue weighted by Crippen LogP contribution is -2.22. The molecule has 0 aliphatic carbocycles. The Morgan fingerprint density at radius 2 is 2.16 bits per heavy atom. The fraction of sp³-hybridized carbons (Fsp3) is 0.533. The number of carboxylic acid groups (broad SMARTS) is 1. The molecule has 2 atom stereocenters. The zero-order valence-electron chi connectivity index (χ0n) is 11.2. The number of rotatable bonds is 5. The first-order valence-corrected chi connectivity index (χ1v) is 7.62. The molecular weight excluding hydrogens is 306 g/mol. The van der Waals surface area contributed by atoms with Gasteiger partial charge in [-0.05, 0) is 49.4 Å². The largest absolute Gasteiger partial charge is 0.481 e. The number of hydrogen-bond acceptors (Lipinski definition) is 2. The standard InChI is InChI=1S/C15H20BrNO2/c1-2-12(15(18)19)9-11-7-8-17(10-11)14-5-3-13(16)4-6-14/h3-6,11-12H,2,7-10H2,1H3,(H,18,19). The molecule has 3 nitrogen and oxygen atoms in total. The predicted octanol–water partition coefficient (Wildman–Crippen LogP) is 3.78. The maximum atomic E-state index is 11.1. The van der Waals surface area contributed by atoms with E-state index in [-0.39, 0.29) is 5.92 Å². The lowest BCUT2D eigenvalue weighted by molar-refractivity contribution is -0.142. The number of nitrogens with zero attached hydrogens (tertiary/aromatic N) is 1. The van der Waals surface area contributed by atoms with Crippen molar-refractivity contribution < 1.29 is 9.90 Å². The average molecular weight is 326 g/mol. The molecule has 19 heavy (non-hydrogen) atoms. The van der Waals surface area contributed by atoms with E-state index in [1.165, 1.54) is 5.69 Å². The van der Waals surface area contributed by atoms with E-state index in [1.54, 1.807) is 0 Å². The van der Waals surface area contributed by atoms with E-state index in [1.807, 2.05) is 6.92 Å². The van der Waals surface area contributed by atoms with E-state index in [0.29, 0.717) is 5.92 Å². The monoisotopic (exact) mass is 325 g/mol.